The Hall–Kier alpha value is -2.74. The molecule has 0 saturated heterocycles. The third-order valence-electron chi connectivity index (χ3n) is 3.95. The van der Waals surface area contributed by atoms with Gasteiger partial charge in [0.25, 0.3) is 0 Å². The van der Waals surface area contributed by atoms with E-state index in [0.29, 0.717) is 0 Å². The van der Waals surface area contributed by atoms with Crippen molar-refractivity contribution in [3.8, 4) is 22.4 Å². The molecule has 3 rings (SSSR count). The minimum atomic E-state index is 1.01. The highest BCUT2D eigenvalue weighted by Gasteiger charge is 2.09. The fourth-order valence-electron chi connectivity index (χ4n) is 2.74. The number of aliphatic imine (C=N–C) groups is 1. The Labute approximate surface area is 137 Å². The third kappa shape index (κ3) is 3.21. The predicted molar refractivity (Wildman–Crippen MR) is 98.1 cm³/mol. The van der Waals surface area contributed by atoms with Crippen LogP contribution in [0.2, 0.25) is 0 Å². The lowest BCUT2D eigenvalue weighted by molar-refractivity contribution is 1.21. The predicted octanol–water partition coefficient (Wildman–Crippen LogP) is 5.08. The Bertz CT molecular complexity index is 863. The quantitative estimate of drug-likeness (QED) is 0.619. The molecule has 1 heterocycles. The van der Waals surface area contributed by atoms with E-state index < -0.39 is 0 Å². The van der Waals surface area contributed by atoms with E-state index in [2.05, 4.69) is 71.5 Å². The molecule has 2 nitrogen and oxygen atoms in total. The number of hydrogen-bond donors (Lipinski definition) is 0. The Balaban J connectivity index is 2.16. The Kier molecular flexibility index (Phi) is 4.33. The molecule has 0 spiro atoms. The highest BCUT2D eigenvalue weighted by Crippen LogP contribution is 2.31. The fourth-order valence-corrected chi connectivity index (χ4v) is 2.74. The number of nitrogens with zero attached hydrogens (tertiary/aromatic N) is 2. The Morgan fingerprint density at radius 2 is 1.65 bits per heavy atom. The maximum Gasteiger partial charge on any atom is 0.0711 e. The zero-order chi connectivity index (χ0) is 16.2. The van der Waals surface area contributed by atoms with E-state index in [1.165, 1.54) is 16.7 Å². The molecule has 0 N–H and O–H groups in total. The van der Waals surface area contributed by atoms with Crippen LogP contribution in [0.15, 0.2) is 65.7 Å². The summed E-state index contributed by atoms with van der Waals surface area (Å²) in [6.07, 6.45) is 1.91. The molecule has 1 aromatic heterocycles. The van der Waals surface area contributed by atoms with E-state index in [1.54, 1.807) is 7.05 Å². The first-order valence-electron chi connectivity index (χ1n) is 7.75. The first-order valence-corrected chi connectivity index (χ1v) is 7.75. The highest BCUT2D eigenvalue weighted by molar-refractivity contribution is 5.88. The molecule has 0 saturated carbocycles. The normalized spacial score (nSPS) is 11.1. The number of hydrogen-bond acceptors (Lipinski definition) is 2. The van der Waals surface area contributed by atoms with Crippen LogP contribution in [-0.2, 0) is 0 Å². The summed E-state index contributed by atoms with van der Waals surface area (Å²) in [6.45, 7) is 4.13. The summed E-state index contributed by atoms with van der Waals surface area (Å²) < 4.78 is 0. The van der Waals surface area contributed by atoms with Crippen LogP contribution < -0.4 is 0 Å². The van der Waals surface area contributed by atoms with Crippen LogP contribution in [0.25, 0.3) is 22.4 Å². The second-order valence-corrected chi connectivity index (χ2v) is 5.67. The molecule has 0 bridgehead atoms. The number of rotatable bonds is 3. The van der Waals surface area contributed by atoms with Gasteiger partial charge < -0.3 is 0 Å². The van der Waals surface area contributed by atoms with E-state index in [0.717, 1.165) is 22.5 Å². The van der Waals surface area contributed by atoms with Crippen LogP contribution in [0.1, 0.15) is 16.8 Å². The molecule has 2 heteroatoms. The molecule has 0 aliphatic carbocycles. The first kappa shape index (κ1) is 15.2. The van der Waals surface area contributed by atoms with E-state index in [-0.39, 0.29) is 0 Å². The van der Waals surface area contributed by atoms with Gasteiger partial charge in [0.05, 0.1) is 5.69 Å². The van der Waals surface area contributed by atoms with Gasteiger partial charge in [0, 0.05) is 24.5 Å². The Morgan fingerprint density at radius 1 is 0.870 bits per heavy atom. The summed E-state index contributed by atoms with van der Waals surface area (Å²) in [5.41, 5.74) is 7.94. The fraction of sp³-hybridized carbons (Fsp3) is 0.143. The lowest BCUT2D eigenvalue weighted by Crippen LogP contribution is -1.92. The highest BCUT2D eigenvalue weighted by atomic mass is 14.7. The van der Waals surface area contributed by atoms with E-state index in [4.69, 9.17) is 0 Å². The van der Waals surface area contributed by atoms with Crippen molar-refractivity contribution in [2.75, 3.05) is 7.05 Å². The zero-order valence-electron chi connectivity index (χ0n) is 13.7. The number of aryl methyl sites for hydroxylation is 2. The van der Waals surface area contributed by atoms with Gasteiger partial charge in [-0.1, -0.05) is 42.5 Å². The maximum absolute atomic E-state index is 4.68. The van der Waals surface area contributed by atoms with Gasteiger partial charge in [-0.25, -0.2) is 0 Å². The van der Waals surface area contributed by atoms with Gasteiger partial charge in [-0.05, 0) is 54.3 Å². The number of benzene rings is 2. The largest absolute Gasteiger partial charge is 0.296 e. The van der Waals surface area contributed by atoms with Crippen molar-refractivity contribution < 1.29 is 0 Å². The molecule has 114 valence electrons. The standard InChI is InChI=1S/C21H20N2/c1-15-11-12-17(13-18(15)14-22-3)19-8-4-5-9-20(19)21-10-6-7-16(2)23-21/h4-14H,1-3H3. The molecule has 0 fully saturated rings. The molecule has 0 unspecified atom stereocenters. The summed E-state index contributed by atoms with van der Waals surface area (Å²) in [7, 11) is 1.80. The van der Waals surface area contributed by atoms with Crippen molar-refractivity contribution >= 4 is 6.21 Å². The van der Waals surface area contributed by atoms with Gasteiger partial charge in [-0.15, -0.1) is 0 Å². The summed E-state index contributed by atoms with van der Waals surface area (Å²) in [4.78, 5) is 8.84. The van der Waals surface area contributed by atoms with Crippen LogP contribution >= 0.6 is 0 Å². The first-order chi connectivity index (χ1) is 11.2. The minimum absolute atomic E-state index is 1.01. The minimum Gasteiger partial charge on any atom is -0.296 e. The smallest absolute Gasteiger partial charge is 0.0711 e. The summed E-state index contributed by atoms with van der Waals surface area (Å²) in [6, 6.07) is 21.1. The van der Waals surface area contributed by atoms with Crippen LogP contribution in [0.5, 0.6) is 0 Å². The van der Waals surface area contributed by atoms with Crippen molar-refractivity contribution in [3.63, 3.8) is 0 Å². The lowest BCUT2D eigenvalue weighted by atomic mass is 9.94. The van der Waals surface area contributed by atoms with Crippen molar-refractivity contribution in [1.29, 1.82) is 0 Å². The van der Waals surface area contributed by atoms with Crippen molar-refractivity contribution in [2.24, 2.45) is 4.99 Å². The topological polar surface area (TPSA) is 25.2 Å². The molecule has 0 aliphatic rings. The monoisotopic (exact) mass is 300 g/mol. The molecule has 23 heavy (non-hydrogen) atoms. The molecule has 0 amide bonds. The van der Waals surface area contributed by atoms with Crippen LogP contribution in [0.4, 0.5) is 0 Å². The second-order valence-electron chi connectivity index (χ2n) is 5.67. The lowest BCUT2D eigenvalue weighted by Gasteiger charge is -2.11. The molecule has 0 aliphatic heterocycles. The maximum atomic E-state index is 4.68. The van der Waals surface area contributed by atoms with Crippen LogP contribution in [0, 0.1) is 13.8 Å². The van der Waals surface area contributed by atoms with Gasteiger partial charge in [0.1, 0.15) is 0 Å². The summed E-state index contributed by atoms with van der Waals surface area (Å²) in [5.74, 6) is 0. The molecular weight excluding hydrogens is 280 g/mol. The molecule has 2 aromatic carbocycles. The molecule has 0 radical (unpaired) electrons. The second kappa shape index (κ2) is 6.57. The SMILES string of the molecule is CN=Cc1cc(-c2ccccc2-c2cccc(C)n2)ccc1C. The molecular formula is C21H20N2. The van der Waals surface area contributed by atoms with E-state index in [9.17, 15) is 0 Å². The molecule has 3 aromatic rings. The van der Waals surface area contributed by atoms with Crippen molar-refractivity contribution in [2.45, 2.75) is 13.8 Å². The summed E-state index contributed by atoms with van der Waals surface area (Å²) in [5, 5.41) is 0. The zero-order valence-corrected chi connectivity index (χ0v) is 13.7. The average molecular weight is 300 g/mol. The van der Waals surface area contributed by atoms with Gasteiger partial charge in [0.2, 0.25) is 0 Å². The van der Waals surface area contributed by atoms with Gasteiger partial charge >= 0.3 is 0 Å². The number of pyridine rings is 1. The summed E-state index contributed by atoms with van der Waals surface area (Å²) >= 11 is 0. The van der Waals surface area contributed by atoms with Gasteiger partial charge in [0.15, 0.2) is 0 Å². The van der Waals surface area contributed by atoms with E-state index in [1.807, 2.05) is 19.2 Å². The van der Waals surface area contributed by atoms with Crippen molar-refractivity contribution in [1.82, 2.24) is 4.98 Å². The van der Waals surface area contributed by atoms with Gasteiger partial charge in [-0.2, -0.15) is 0 Å². The molecule has 0 atom stereocenters. The van der Waals surface area contributed by atoms with Gasteiger partial charge in [-0.3, -0.25) is 9.98 Å². The van der Waals surface area contributed by atoms with Crippen LogP contribution in [0.3, 0.4) is 0 Å². The third-order valence-corrected chi connectivity index (χ3v) is 3.95. The number of aromatic nitrogens is 1. The Morgan fingerprint density at radius 3 is 2.39 bits per heavy atom. The van der Waals surface area contributed by atoms with Crippen LogP contribution in [-0.4, -0.2) is 18.2 Å². The average Bonchev–Trinajstić information content (AvgIpc) is 2.57. The van der Waals surface area contributed by atoms with E-state index >= 15 is 0 Å². The van der Waals surface area contributed by atoms with Crippen molar-refractivity contribution in [3.05, 3.63) is 77.5 Å².